The van der Waals surface area contributed by atoms with Crippen LogP contribution in [0.4, 0.5) is 0 Å². The van der Waals surface area contributed by atoms with E-state index >= 15 is 0 Å². The first-order valence-corrected chi connectivity index (χ1v) is 7.81. The van der Waals surface area contributed by atoms with Crippen LogP contribution in [0.3, 0.4) is 0 Å². The zero-order valence-corrected chi connectivity index (χ0v) is 12.7. The molecule has 1 aromatic rings. The number of fused-ring (bicyclic) bond motifs is 1. The molecule has 0 spiro atoms. The van der Waals surface area contributed by atoms with Crippen molar-refractivity contribution in [3.05, 3.63) is 34.9 Å². The summed E-state index contributed by atoms with van der Waals surface area (Å²) in [5.74, 6) is 2.00. The molecule has 0 heterocycles. The van der Waals surface area contributed by atoms with Crippen LogP contribution in [0.1, 0.15) is 29.5 Å². The van der Waals surface area contributed by atoms with Gasteiger partial charge in [0.25, 0.3) is 5.50 Å². The van der Waals surface area contributed by atoms with Gasteiger partial charge in [-0.15, -0.1) is 0 Å². The van der Waals surface area contributed by atoms with Crippen LogP contribution in [-0.2, 0) is 6.42 Å². The Morgan fingerprint density at radius 1 is 1.37 bits per heavy atom. The van der Waals surface area contributed by atoms with Crippen molar-refractivity contribution >= 4 is 17.3 Å². The van der Waals surface area contributed by atoms with Gasteiger partial charge in [-0.1, -0.05) is 6.08 Å². The molecule has 1 aliphatic rings. The maximum atomic E-state index is 5.42. The fourth-order valence-corrected chi connectivity index (χ4v) is 3.13. The molecule has 0 saturated carbocycles. The Hall–Kier alpha value is -0.970. The minimum Gasteiger partial charge on any atom is -0.496 e. The average molecular weight is 280 g/mol. The van der Waals surface area contributed by atoms with Crippen molar-refractivity contribution in [1.82, 2.24) is 0 Å². The third-order valence-corrected chi connectivity index (χ3v) is 4.35. The van der Waals surface area contributed by atoms with Gasteiger partial charge in [-0.05, 0) is 72.3 Å². The van der Waals surface area contributed by atoms with Crippen LogP contribution in [-0.4, -0.2) is 18.4 Å². The van der Waals surface area contributed by atoms with E-state index in [1.54, 1.807) is 18.9 Å². The van der Waals surface area contributed by atoms with Crippen LogP contribution >= 0.6 is 11.8 Å². The number of ether oxygens (including phenoxy) is 1. The van der Waals surface area contributed by atoms with E-state index < -0.39 is 0 Å². The molecule has 0 amide bonds. The monoisotopic (exact) mass is 280 g/mol. The summed E-state index contributed by atoms with van der Waals surface area (Å²) in [6, 6.07) is 4.48. The van der Waals surface area contributed by atoms with Crippen LogP contribution in [0.5, 0.6) is 5.75 Å². The first kappa shape index (κ1) is 14.4. The van der Waals surface area contributed by atoms with E-state index in [9.17, 15) is 0 Å². The minimum absolute atomic E-state index is 0.206. The normalized spacial score (nSPS) is 16.8. The SMILES string of the molecule is COc1cc2c(cc1C)/C(=C/CSC([NH3+])[NH3+])CCC2. The zero-order chi connectivity index (χ0) is 13.8. The second-order valence-corrected chi connectivity index (χ2v) is 6.35. The summed E-state index contributed by atoms with van der Waals surface area (Å²) in [5.41, 5.74) is 13.5. The molecule has 0 fully saturated rings. The van der Waals surface area contributed by atoms with Crippen LogP contribution in [0, 0.1) is 6.92 Å². The Kier molecular flexibility index (Phi) is 4.91. The van der Waals surface area contributed by atoms with Gasteiger partial charge < -0.3 is 4.74 Å². The first-order valence-electron chi connectivity index (χ1n) is 6.76. The largest absolute Gasteiger partial charge is 0.496 e. The molecule has 6 N–H and O–H groups in total. The van der Waals surface area contributed by atoms with Crippen LogP contribution in [0.2, 0.25) is 0 Å². The molecule has 0 bridgehead atoms. The highest BCUT2D eigenvalue weighted by molar-refractivity contribution is 7.99. The van der Waals surface area contributed by atoms with Crippen molar-refractivity contribution in [2.75, 3.05) is 12.9 Å². The summed E-state index contributed by atoms with van der Waals surface area (Å²) >= 11 is 1.79. The Balaban J connectivity index is 2.26. The highest BCUT2D eigenvalue weighted by atomic mass is 32.2. The average Bonchev–Trinajstić information content (AvgIpc) is 2.38. The third kappa shape index (κ3) is 3.53. The topological polar surface area (TPSA) is 64.5 Å². The fraction of sp³-hybridized carbons (Fsp3) is 0.467. The van der Waals surface area contributed by atoms with E-state index in [-0.39, 0.29) is 5.50 Å². The molecular formula is C15H24N2OS+2. The molecule has 0 unspecified atom stereocenters. The lowest BCUT2D eigenvalue weighted by Crippen LogP contribution is -2.82. The molecule has 3 nitrogen and oxygen atoms in total. The lowest BCUT2D eigenvalue weighted by atomic mass is 9.86. The standard InChI is InChI=1S/C15H22N2OS/c1-10-8-13-11(6-7-19-15(16)17)4-3-5-12(13)9-14(10)18-2/h6,8-9,15H,3-5,7,16-17H2,1-2H3/p+2/b11-6+. The van der Waals surface area contributed by atoms with Gasteiger partial charge in [0.15, 0.2) is 0 Å². The van der Waals surface area contributed by atoms with Crippen LogP contribution < -0.4 is 16.2 Å². The van der Waals surface area contributed by atoms with Gasteiger partial charge in [0.05, 0.1) is 7.11 Å². The molecule has 2 rings (SSSR count). The predicted octanol–water partition coefficient (Wildman–Crippen LogP) is 1.22. The molecule has 104 valence electrons. The van der Waals surface area contributed by atoms with E-state index in [1.807, 2.05) is 0 Å². The number of hydrogen-bond donors (Lipinski definition) is 2. The molecule has 0 aliphatic heterocycles. The first-order chi connectivity index (χ1) is 9.11. The summed E-state index contributed by atoms with van der Waals surface area (Å²) in [4.78, 5) is 0. The van der Waals surface area contributed by atoms with Gasteiger partial charge >= 0.3 is 0 Å². The summed E-state index contributed by atoms with van der Waals surface area (Å²) in [6.07, 6.45) is 5.91. The summed E-state index contributed by atoms with van der Waals surface area (Å²) in [6.45, 7) is 2.11. The van der Waals surface area contributed by atoms with Gasteiger partial charge in [-0.2, -0.15) is 0 Å². The Morgan fingerprint density at radius 2 is 2.16 bits per heavy atom. The number of rotatable bonds is 4. The summed E-state index contributed by atoms with van der Waals surface area (Å²) < 4.78 is 5.42. The second kappa shape index (κ2) is 6.46. The number of hydrogen-bond acceptors (Lipinski definition) is 2. The van der Waals surface area contributed by atoms with Gasteiger partial charge in [0.1, 0.15) is 5.75 Å². The van der Waals surface area contributed by atoms with Crippen molar-refractivity contribution in [3.63, 3.8) is 0 Å². The lowest BCUT2D eigenvalue weighted by Gasteiger charge is -2.21. The van der Waals surface area contributed by atoms with Crippen LogP contribution in [0.15, 0.2) is 18.2 Å². The van der Waals surface area contributed by atoms with Gasteiger partial charge in [-0.25, -0.2) is 0 Å². The van der Waals surface area contributed by atoms with Crippen molar-refractivity contribution < 1.29 is 16.2 Å². The van der Waals surface area contributed by atoms with Crippen molar-refractivity contribution in [3.8, 4) is 5.75 Å². The second-order valence-electron chi connectivity index (χ2n) is 5.02. The number of aryl methyl sites for hydroxylation is 2. The third-order valence-electron chi connectivity index (χ3n) is 3.52. The van der Waals surface area contributed by atoms with E-state index in [1.165, 1.54) is 35.1 Å². The Morgan fingerprint density at radius 3 is 2.84 bits per heavy atom. The lowest BCUT2D eigenvalue weighted by molar-refractivity contribution is -0.619. The molecule has 1 aliphatic carbocycles. The predicted molar refractivity (Wildman–Crippen MR) is 80.7 cm³/mol. The molecule has 0 aromatic heterocycles. The molecule has 0 radical (unpaired) electrons. The van der Waals surface area contributed by atoms with Crippen molar-refractivity contribution in [1.29, 1.82) is 0 Å². The van der Waals surface area contributed by atoms with E-state index in [2.05, 4.69) is 36.6 Å². The Bertz CT molecular complexity index is 483. The van der Waals surface area contributed by atoms with E-state index in [0.29, 0.717) is 0 Å². The highest BCUT2D eigenvalue weighted by Crippen LogP contribution is 2.35. The molecule has 0 atom stereocenters. The van der Waals surface area contributed by atoms with Gasteiger partial charge in [0.2, 0.25) is 0 Å². The number of quaternary nitrogens is 2. The molecule has 4 heteroatoms. The van der Waals surface area contributed by atoms with Gasteiger partial charge in [0, 0.05) is 5.75 Å². The Labute approximate surface area is 119 Å². The molecule has 0 saturated heterocycles. The molecule has 1 aromatic carbocycles. The summed E-state index contributed by atoms with van der Waals surface area (Å²) in [5, 5.41) is 0. The number of thioether (sulfide) groups is 1. The number of methoxy groups -OCH3 is 1. The van der Waals surface area contributed by atoms with Gasteiger partial charge in [-0.3, -0.25) is 11.5 Å². The van der Waals surface area contributed by atoms with E-state index in [4.69, 9.17) is 4.74 Å². The maximum Gasteiger partial charge on any atom is 0.256 e. The number of benzene rings is 1. The van der Waals surface area contributed by atoms with Crippen molar-refractivity contribution in [2.45, 2.75) is 31.7 Å². The van der Waals surface area contributed by atoms with Crippen LogP contribution in [0.25, 0.3) is 5.57 Å². The molecular weight excluding hydrogens is 256 g/mol. The summed E-state index contributed by atoms with van der Waals surface area (Å²) in [7, 11) is 1.74. The quantitative estimate of drug-likeness (QED) is 0.815. The highest BCUT2D eigenvalue weighted by Gasteiger charge is 2.16. The van der Waals surface area contributed by atoms with E-state index in [0.717, 1.165) is 17.9 Å². The fourth-order valence-electron chi connectivity index (χ4n) is 2.56. The minimum atomic E-state index is 0.206. The molecule has 19 heavy (non-hydrogen) atoms. The van der Waals surface area contributed by atoms with Crippen molar-refractivity contribution in [2.24, 2.45) is 0 Å². The zero-order valence-electron chi connectivity index (χ0n) is 11.9. The maximum absolute atomic E-state index is 5.42. The smallest absolute Gasteiger partial charge is 0.256 e. The number of allylic oxidation sites excluding steroid dienone is 1.